The normalized spacial score (nSPS) is 18.3. The van der Waals surface area contributed by atoms with E-state index in [1.54, 1.807) is 12.5 Å². The van der Waals surface area contributed by atoms with E-state index in [0.717, 1.165) is 42.4 Å². The van der Waals surface area contributed by atoms with E-state index in [2.05, 4.69) is 30.2 Å². The highest BCUT2D eigenvalue weighted by Crippen LogP contribution is 2.34. The van der Waals surface area contributed by atoms with Crippen LogP contribution in [-0.2, 0) is 0 Å². The summed E-state index contributed by atoms with van der Waals surface area (Å²) in [4.78, 5) is 19.7. The lowest BCUT2D eigenvalue weighted by Crippen LogP contribution is -2.24. The third kappa shape index (κ3) is 2.41. The molecule has 20 heavy (non-hydrogen) atoms. The van der Waals surface area contributed by atoms with Gasteiger partial charge in [-0.05, 0) is 19.8 Å². The summed E-state index contributed by atoms with van der Waals surface area (Å²) in [6.07, 6.45) is 7.41. The standard InChI is InChI=1S/C14H18N6/c1-10-6-14(18-9-17-10)20-5-3-4-12(20)11-7-16-8-13(15-2)19-11/h6-9,12H,3-5H2,1-2H3,(H,15,19). The Morgan fingerprint density at radius 3 is 3.00 bits per heavy atom. The maximum absolute atomic E-state index is 4.61. The minimum Gasteiger partial charge on any atom is -0.372 e. The lowest BCUT2D eigenvalue weighted by molar-refractivity contribution is 0.682. The van der Waals surface area contributed by atoms with Crippen molar-refractivity contribution in [1.29, 1.82) is 0 Å². The molecule has 2 aromatic rings. The number of hydrogen-bond acceptors (Lipinski definition) is 6. The molecular weight excluding hydrogens is 252 g/mol. The molecule has 6 heteroatoms. The van der Waals surface area contributed by atoms with Crippen LogP contribution >= 0.6 is 0 Å². The van der Waals surface area contributed by atoms with E-state index in [4.69, 9.17) is 0 Å². The van der Waals surface area contributed by atoms with Gasteiger partial charge in [-0.3, -0.25) is 4.98 Å². The topological polar surface area (TPSA) is 66.8 Å². The fraction of sp³-hybridized carbons (Fsp3) is 0.429. The maximum atomic E-state index is 4.61. The van der Waals surface area contributed by atoms with Crippen molar-refractivity contribution >= 4 is 11.6 Å². The number of aryl methyl sites for hydroxylation is 1. The molecule has 0 spiro atoms. The van der Waals surface area contributed by atoms with Gasteiger partial charge in [-0.25, -0.2) is 15.0 Å². The molecule has 1 aliphatic heterocycles. The summed E-state index contributed by atoms with van der Waals surface area (Å²) >= 11 is 0. The molecule has 1 aliphatic rings. The van der Waals surface area contributed by atoms with Crippen LogP contribution in [0.5, 0.6) is 0 Å². The van der Waals surface area contributed by atoms with Crippen LogP contribution in [0.15, 0.2) is 24.8 Å². The van der Waals surface area contributed by atoms with E-state index in [9.17, 15) is 0 Å². The first-order valence-electron chi connectivity index (χ1n) is 6.83. The second kappa shape index (κ2) is 5.40. The smallest absolute Gasteiger partial charge is 0.144 e. The first kappa shape index (κ1) is 12.8. The lowest BCUT2D eigenvalue weighted by atomic mass is 10.1. The van der Waals surface area contributed by atoms with Crippen LogP contribution in [0.3, 0.4) is 0 Å². The molecule has 1 atom stereocenters. The average Bonchev–Trinajstić information content (AvgIpc) is 2.97. The van der Waals surface area contributed by atoms with Crippen molar-refractivity contribution in [3.63, 3.8) is 0 Å². The number of nitrogens with zero attached hydrogens (tertiary/aromatic N) is 5. The minimum absolute atomic E-state index is 0.241. The number of nitrogens with one attached hydrogen (secondary N) is 1. The van der Waals surface area contributed by atoms with E-state index in [1.165, 1.54) is 0 Å². The van der Waals surface area contributed by atoms with E-state index >= 15 is 0 Å². The number of aromatic nitrogens is 4. The summed E-state index contributed by atoms with van der Waals surface area (Å²) < 4.78 is 0. The molecule has 0 radical (unpaired) electrons. The van der Waals surface area contributed by atoms with Gasteiger partial charge in [0.05, 0.1) is 24.1 Å². The Kier molecular flexibility index (Phi) is 3.45. The molecule has 0 aromatic carbocycles. The van der Waals surface area contributed by atoms with Crippen molar-refractivity contribution in [2.75, 3.05) is 23.8 Å². The minimum atomic E-state index is 0.241. The van der Waals surface area contributed by atoms with Crippen LogP contribution in [0.1, 0.15) is 30.3 Å². The van der Waals surface area contributed by atoms with Gasteiger partial charge in [-0.15, -0.1) is 0 Å². The predicted octanol–water partition coefficient (Wildman–Crippen LogP) is 1.96. The van der Waals surface area contributed by atoms with Gasteiger partial charge in [0, 0.05) is 25.4 Å². The fourth-order valence-electron chi connectivity index (χ4n) is 2.61. The Bertz CT molecular complexity index is 600. The molecule has 2 aromatic heterocycles. The van der Waals surface area contributed by atoms with Crippen LogP contribution in [0.25, 0.3) is 0 Å². The number of rotatable bonds is 3. The first-order chi connectivity index (χ1) is 9.78. The average molecular weight is 270 g/mol. The largest absolute Gasteiger partial charge is 0.372 e. The van der Waals surface area contributed by atoms with Crippen molar-refractivity contribution in [3.8, 4) is 0 Å². The number of hydrogen-bond donors (Lipinski definition) is 1. The molecule has 1 unspecified atom stereocenters. The Morgan fingerprint density at radius 2 is 2.20 bits per heavy atom. The molecule has 0 aliphatic carbocycles. The second-order valence-corrected chi connectivity index (χ2v) is 4.95. The third-order valence-electron chi connectivity index (χ3n) is 3.59. The van der Waals surface area contributed by atoms with Gasteiger partial charge in [0.25, 0.3) is 0 Å². The van der Waals surface area contributed by atoms with Crippen LogP contribution in [0.4, 0.5) is 11.6 Å². The summed E-state index contributed by atoms with van der Waals surface area (Å²) in [7, 11) is 1.86. The van der Waals surface area contributed by atoms with Crippen molar-refractivity contribution in [3.05, 3.63) is 36.2 Å². The van der Waals surface area contributed by atoms with Gasteiger partial charge in [-0.2, -0.15) is 0 Å². The van der Waals surface area contributed by atoms with Gasteiger partial charge < -0.3 is 10.2 Å². The van der Waals surface area contributed by atoms with Gasteiger partial charge >= 0.3 is 0 Å². The van der Waals surface area contributed by atoms with Crippen molar-refractivity contribution < 1.29 is 0 Å². The first-order valence-corrected chi connectivity index (χ1v) is 6.83. The van der Waals surface area contributed by atoms with E-state index in [1.807, 2.05) is 26.2 Å². The van der Waals surface area contributed by atoms with Crippen LogP contribution < -0.4 is 10.2 Å². The van der Waals surface area contributed by atoms with E-state index in [-0.39, 0.29) is 6.04 Å². The zero-order valence-electron chi connectivity index (χ0n) is 11.7. The highest BCUT2D eigenvalue weighted by molar-refractivity contribution is 5.43. The van der Waals surface area contributed by atoms with E-state index < -0.39 is 0 Å². The molecule has 6 nitrogen and oxygen atoms in total. The van der Waals surface area contributed by atoms with Crippen molar-refractivity contribution in [1.82, 2.24) is 19.9 Å². The number of anilines is 2. The lowest BCUT2D eigenvalue weighted by Gasteiger charge is -2.25. The molecule has 3 rings (SSSR count). The molecule has 1 fully saturated rings. The molecule has 3 heterocycles. The van der Waals surface area contributed by atoms with Crippen molar-refractivity contribution in [2.24, 2.45) is 0 Å². The summed E-state index contributed by atoms with van der Waals surface area (Å²) in [5.74, 6) is 1.77. The summed E-state index contributed by atoms with van der Waals surface area (Å²) in [6.45, 7) is 2.98. The summed E-state index contributed by atoms with van der Waals surface area (Å²) in [5, 5.41) is 3.04. The predicted molar refractivity (Wildman–Crippen MR) is 77.7 cm³/mol. The quantitative estimate of drug-likeness (QED) is 0.919. The fourth-order valence-corrected chi connectivity index (χ4v) is 2.61. The molecule has 0 bridgehead atoms. The Morgan fingerprint density at radius 1 is 1.30 bits per heavy atom. The summed E-state index contributed by atoms with van der Waals surface area (Å²) in [6, 6.07) is 2.26. The zero-order valence-corrected chi connectivity index (χ0v) is 11.7. The van der Waals surface area contributed by atoms with Gasteiger partial charge in [-0.1, -0.05) is 0 Å². The maximum Gasteiger partial charge on any atom is 0.144 e. The third-order valence-corrected chi connectivity index (χ3v) is 3.59. The van der Waals surface area contributed by atoms with Crippen molar-refractivity contribution in [2.45, 2.75) is 25.8 Å². The monoisotopic (exact) mass is 270 g/mol. The molecule has 104 valence electrons. The zero-order chi connectivity index (χ0) is 13.9. The van der Waals surface area contributed by atoms with E-state index in [0.29, 0.717) is 0 Å². The van der Waals surface area contributed by atoms with Gasteiger partial charge in [0.2, 0.25) is 0 Å². The molecule has 1 N–H and O–H groups in total. The van der Waals surface area contributed by atoms with Crippen LogP contribution in [-0.4, -0.2) is 33.5 Å². The second-order valence-electron chi connectivity index (χ2n) is 4.95. The molecular formula is C14H18N6. The van der Waals surface area contributed by atoms with Gasteiger partial charge in [0.1, 0.15) is 18.0 Å². The SMILES string of the molecule is CNc1cncc(C2CCCN2c2cc(C)ncn2)n1. The Hall–Kier alpha value is -2.24. The molecule has 1 saturated heterocycles. The Labute approximate surface area is 118 Å². The Balaban J connectivity index is 1.92. The molecule has 0 amide bonds. The highest BCUT2D eigenvalue weighted by atomic mass is 15.2. The van der Waals surface area contributed by atoms with Gasteiger partial charge in [0.15, 0.2) is 0 Å². The summed E-state index contributed by atoms with van der Waals surface area (Å²) in [5.41, 5.74) is 1.97. The van der Waals surface area contributed by atoms with Crippen LogP contribution in [0, 0.1) is 6.92 Å². The van der Waals surface area contributed by atoms with Crippen LogP contribution in [0.2, 0.25) is 0 Å². The highest BCUT2D eigenvalue weighted by Gasteiger charge is 2.28. The molecule has 0 saturated carbocycles.